The van der Waals surface area contributed by atoms with Gasteiger partial charge in [-0.15, -0.1) is 0 Å². The van der Waals surface area contributed by atoms with Crippen molar-refractivity contribution in [1.29, 1.82) is 0 Å². The molecule has 94 valence electrons. The third kappa shape index (κ3) is 2.79. The molecule has 0 heterocycles. The normalized spacial score (nSPS) is 13.4. The average Bonchev–Trinajstić information content (AvgIpc) is 2.19. The lowest BCUT2D eigenvalue weighted by Gasteiger charge is -2.10. The van der Waals surface area contributed by atoms with E-state index in [0.717, 1.165) is 19.2 Å². The molecule has 1 N–H and O–H groups in total. The maximum absolute atomic E-state index is 13.3. The largest absolute Gasteiger partial charge is 0.481 e. The van der Waals surface area contributed by atoms with E-state index < -0.39 is 43.8 Å². The highest BCUT2D eigenvalue weighted by Gasteiger charge is 2.23. The number of aliphatic carboxylic acids is 1. The van der Waals surface area contributed by atoms with Crippen molar-refractivity contribution in [2.45, 2.75) is 17.7 Å². The van der Waals surface area contributed by atoms with E-state index in [1.54, 1.807) is 0 Å². The Labute approximate surface area is 96.8 Å². The maximum Gasteiger partial charge on any atom is 0.310 e. The Hall–Kier alpha value is -1.50. The van der Waals surface area contributed by atoms with Gasteiger partial charge in [0.1, 0.15) is 0 Å². The summed E-state index contributed by atoms with van der Waals surface area (Å²) in [6.45, 7) is 1.15. The summed E-state index contributed by atoms with van der Waals surface area (Å²) < 4.78 is 48.9. The van der Waals surface area contributed by atoms with Crippen molar-refractivity contribution in [3.63, 3.8) is 0 Å². The average molecular weight is 264 g/mol. The van der Waals surface area contributed by atoms with E-state index >= 15 is 0 Å². The predicted molar refractivity (Wildman–Crippen MR) is 55.5 cm³/mol. The van der Waals surface area contributed by atoms with Crippen LogP contribution in [0.4, 0.5) is 8.78 Å². The van der Waals surface area contributed by atoms with Crippen LogP contribution in [0, 0.1) is 11.6 Å². The number of benzene rings is 1. The first-order valence-electron chi connectivity index (χ1n) is 4.56. The van der Waals surface area contributed by atoms with Crippen molar-refractivity contribution in [3.8, 4) is 0 Å². The van der Waals surface area contributed by atoms with Gasteiger partial charge in [0.2, 0.25) is 0 Å². The third-order valence-corrected chi connectivity index (χ3v) is 3.39. The minimum Gasteiger partial charge on any atom is -0.481 e. The highest BCUT2D eigenvalue weighted by Crippen LogP contribution is 2.25. The molecular formula is C10H10F2O4S. The van der Waals surface area contributed by atoms with Crippen LogP contribution in [-0.2, 0) is 14.6 Å². The Bertz CT molecular complexity index is 566. The topological polar surface area (TPSA) is 71.4 Å². The van der Waals surface area contributed by atoms with Crippen LogP contribution < -0.4 is 0 Å². The van der Waals surface area contributed by atoms with Crippen molar-refractivity contribution in [1.82, 2.24) is 0 Å². The molecule has 0 aliphatic heterocycles. The van der Waals surface area contributed by atoms with Crippen LogP contribution in [0.15, 0.2) is 17.0 Å². The van der Waals surface area contributed by atoms with E-state index in [0.29, 0.717) is 6.07 Å². The standard InChI is InChI=1S/C10H10F2O4S/c1-5(10(13)14)7-3-6(17(2,15)16)4-8(11)9(7)12/h3-5H,1-2H3,(H,13,14). The number of sulfone groups is 1. The monoisotopic (exact) mass is 264 g/mol. The molecule has 7 heteroatoms. The number of hydrogen-bond acceptors (Lipinski definition) is 3. The van der Waals surface area contributed by atoms with Gasteiger partial charge in [0.05, 0.1) is 10.8 Å². The lowest BCUT2D eigenvalue weighted by molar-refractivity contribution is -0.138. The van der Waals surface area contributed by atoms with Gasteiger partial charge in [-0.3, -0.25) is 4.79 Å². The minimum absolute atomic E-state index is 0.445. The second-order valence-electron chi connectivity index (χ2n) is 3.64. The zero-order valence-corrected chi connectivity index (χ0v) is 9.88. The van der Waals surface area contributed by atoms with Crippen molar-refractivity contribution in [2.24, 2.45) is 0 Å². The number of carboxylic acids is 1. The van der Waals surface area contributed by atoms with Gasteiger partial charge in [0.25, 0.3) is 0 Å². The van der Waals surface area contributed by atoms with Gasteiger partial charge in [-0.05, 0) is 19.1 Å². The molecule has 0 bridgehead atoms. The Morgan fingerprint density at radius 2 is 1.88 bits per heavy atom. The molecular weight excluding hydrogens is 254 g/mol. The minimum atomic E-state index is -3.72. The van der Waals surface area contributed by atoms with Crippen molar-refractivity contribution in [2.75, 3.05) is 6.26 Å². The van der Waals surface area contributed by atoms with E-state index in [4.69, 9.17) is 5.11 Å². The van der Waals surface area contributed by atoms with Crippen LogP contribution in [0.5, 0.6) is 0 Å². The van der Waals surface area contributed by atoms with Gasteiger partial charge >= 0.3 is 5.97 Å². The molecule has 1 atom stereocenters. The molecule has 0 saturated heterocycles. The molecule has 4 nitrogen and oxygen atoms in total. The van der Waals surface area contributed by atoms with E-state index in [2.05, 4.69) is 0 Å². The number of rotatable bonds is 3. The van der Waals surface area contributed by atoms with Gasteiger partial charge in [0.15, 0.2) is 21.5 Å². The molecule has 1 unspecified atom stereocenters. The summed E-state index contributed by atoms with van der Waals surface area (Å²) in [6, 6.07) is 1.37. The maximum atomic E-state index is 13.3. The summed E-state index contributed by atoms with van der Waals surface area (Å²) in [5.41, 5.74) is -0.488. The lowest BCUT2D eigenvalue weighted by atomic mass is 10.0. The van der Waals surface area contributed by atoms with Crippen LogP contribution in [0.1, 0.15) is 18.4 Å². The fourth-order valence-electron chi connectivity index (χ4n) is 1.25. The molecule has 0 aromatic heterocycles. The summed E-state index contributed by atoms with van der Waals surface area (Å²) in [6.07, 6.45) is 0.828. The third-order valence-electron chi connectivity index (χ3n) is 2.29. The smallest absolute Gasteiger partial charge is 0.310 e. The molecule has 1 aromatic carbocycles. The van der Waals surface area contributed by atoms with E-state index in [-0.39, 0.29) is 0 Å². The first-order chi connectivity index (χ1) is 7.64. The van der Waals surface area contributed by atoms with Gasteiger partial charge < -0.3 is 5.11 Å². The van der Waals surface area contributed by atoms with Gasteiger partial charge in [-0.2, -0.15) is 0 Å². The van der Waals surface area contributed by atoms with Gasteiger partial charge in [0, 0.05) is 11.8 Å². The lowest BCUT2D eigenvalue weighted by Crippen LogP contribution is -2.12. The van der Waals surface area contributed by atoms with E-state index in [9.17, 15) is 22.0 Å². The molecule has 0 spiro atoms. The van der Waals surface area contributed by atoms with Crippen molar-refractivity contribution >= 4 is 15.8 Å². The fraction of sp³-hybridized carbons (Fsp3) is 0.300. The summed E-state index contributed by atoms with van der Waals surface area (Å²) in [7, 11) is -3.72. The second kappa shape index (κ2) is 4.40. The highest BCUT2D eigenvalue weighted by molar-refractivity contribution is 7.90. The Morgan fingerprint density at radius 1 is 1.35 bits per heavy atom. The fourth-order valence-corrected chi connectivity index (χ4v) is 1.91. The first kappa shape index (κ1) is 13.6. The molecule has 0 saturated carbocycles. The van der Waals surface area contributed by atoms with E-state index in [1.807, 2.05) is 0 Å². The zero-order valence-electron chi connectivity index (χ0n) is 9.07. The number of carboxylic acid groups (broad SMARTS) is 1. The highest BCUT2D eigenvalue weighted by atomic mass is 32.2. The second-order valence-corrected chi connectivity index (χ2v) is 5.66. The molecule has 0 aliphatic carbocycles. The molecule has 0 aliphatic rings. The predicted octanol–water partition coefficient (Wildman–Crippen LogP) is 1.56. The van der Waals surface area contributed by atoms with Crippen LogP contribution in [0.25, 0.3) is 0 Å². The Kier molecular flexibility index (Phi) is 3.51. The van der Waals surface area contributed by atoms with Crippen LogP contribution in [0.3, 0.4) is 0 Å². The van der Waals surface area contributed by atoms with Crippen LogP contribution in [-0.4, -0.2) is 25.7 Å². The van der Waals surface area contributed by atoms with Crippen LogP contribution >= 0.6 is 0 Å². The molecule has 0 radical (unpaired) electrons. The number of halogens is 2. The Morgan fingerprint density at radius 3 is 2.29 bits per heavy atom. The number of hydrogen-bond donors (Lipinski definition) is 1. The summed E-state index contributed by atoms with van der Waals surface area (Å²) in [5.74, 6) is -5.41. The summed E-state index contributed by atoms with van der Waals surface area (Å²) >= 11 is 0. The van der Waals surface area contributed by atoms with Crippen molar-refractivity contribution < 1.29 is 27.1 Å². The molecule has 0 amide bonds. The number of carbonyl (C=O) groups is 1. The van der Waals surface area contributed by atoms with Gasteiger partial charge in [-0.25, -0.2) is 17.2 Å². The van der Waals surface area contributed by atoms with Crippen molar-refractivity contribution in [3.05, 3.63) is 29.3 Å². The quantitative estimate of drug-likeness (QED) is 0.841. The summed E-state index contributed by atoms with van der Waals surface area (Å²) in [4.78, 5) is 10.2. The first-order valence-corrected chi connectivity index (χ1v) is 6.45. The summed E-state index contributed by atoms with van der Waals surface area (Å²) in [5, 5.41) is 8.71. The molecule has 0 fully saturated rings. The van der Waals surface area contributed by atoms with Crippen LogP contribution in [0.2, 0.25) is 0 Å². The SMILES string of the molecule is CC(C(=O)O)c1cc(S(C)(=O)=O)cc(F)c1F. The Balaban J connectivity index is 3.51. The zero-order chi connectivity index (χ0) is 13.4. The molecule has 17 heavy (non-hydrogen) atoms. The van der Waals surface area contributed by atoms with Gasteiger partial charge in [-0.1, -0.05) is 0 Å². The molecule has 1 rings (SSSR count). The molecule has 1 aromatic rings. The van der Waals surface area contributed by atoms with E-state index in [1.165, 1.54) is 0 Å².